The minimum absolute atomic E-state index is 0.748. The molecule has 1 N–H and O–H groups in total. The van der Waals surface area contributed by atoms with Crippen molar-refractivity contribution in [3.8, 4) is 11.1 Å². The third-order valence-electron chi connectivity index (χ3n) is 3.97. The number of benzene rings is 1. The van der Waals surface area contributed by atoms with E-state index >= 15 is 0 Å². The Morgan fingerprint density at radius 1 is 1.25 bits per heavy atom. The predicted octanol–water partition coefficient (Wildman–Crippen LogP) is 3.25. The van der Waals surface area contributed by atoms with Crippen molar-refractivity contribution in [2.45, 2.75) is 38.1 Å². The highest BCUT2D eigenvalue weighted by Gasteiger charge is 2.30. The number of aliphatic carboxylic acids is 1. The summed E-state index contributed by atoms with van der Waals surface area (Å²) in [4.78, 5) is 11.2. The zero-order valence-electron chi connectivity index (χ0n) is 11.7. The van der Waals surface area contributed by atoms with Crippen LogP contribution in [0.1, 0.15) is 38.2 Å². The quantitative estimate of drug-likeness (QED) is 0.927. The second-order valence-corrected chi connectivity index (χ2v) is 5.93. The van der Waals surface area contributed by atoms with Gasteiger partial charge in [0.1, 0.15) is 0 Å². The van der Waals surface area contributed by atoms with Gasteiger partial charge in [-0.05, 0) is 43.7 Å². The van der Waals surface area contributed by atoms with E-state index in [9.17, 15) is 9.90 Å². The van der Waals surface area contributed by atoms with E-state index < -0.39 is 11.5 Å². The van der Waals surface area contributed by atoms with Gasteiger partial charge in [-0.15, -0.1) is 0 Å². The number of nitrogens with zero attached hydrogens (tertiary/aromatic N) is 2. The lowest BCUT2D eigenvalue weighted by Gasteiger charge is -2.19. The molecule has 1 heterocycles. The van der Waals surface area contributed by atoms with Crippen molar-refractivity contribution in [3.05, 3.63) is 42.2 Å². The van der Waals surface area contributed by atoms with Crippen LogP contribution in [-0.2, 0) is 10.3 Å². The molecule has 104 valence electrons. The van der Waals surface area contributed by atoms with Gasteiger partial charge in [-0.2, -0.15) is 5.10 Å². The van der Waals surface area contributed by atoms with Crippen molar-refractivity contribution in [1.82, 2.24) is 9.78 Å². The Hall–Kier alpha value is -2.10. The average molecular weight is 270 g/mol. The normalized spacial score (nSPS) is 15.3. The van der Waals surface area contributed by atoms with Gasteiger partial charge in [0.2, 0.25) is 0 Å². The number of hydrogen-bond acceptors (Lipinski definition) is 2. The average Bonchev–Trinajstić information content (AvgIpc) is 3.15. The molecule has 0 radical (unpaired) electrons. The molecule has 0 saturated heterocycles. The van der Waals surface area contributed by atoms with E-state index in [1.807, 2.05) is 0 Å². The van der Waals surface area contributed by atoms with Crippen LogP contribution in [0.2, 0.25) is 0 Å². The highest BCUT2D eigenvalue weighted by molar-refractivity contribution is 5.76. The Kier molecular flexibility index (Phi) is 2.89. The first kappa shape index (κ1) is 12.9. The Labute approximate surface area is 118 Å². The van der Waals surface area contributed by atoms with Crippen LogP contribution in [0.4, 0.5) is 0 Å². The summed E-state index contributed by atoms with van der Waals surface area (Å²) in [6.45, 7) is 3.28. The van der Waals surface area contributed by atoms with Crippen molar-refractivity contribution in [2.24, 2.45) is 0 Å². The largest absolute Gasteiger partial charge is 0.479 e. The molecular weight excluding hydrogens is 252 g/mol. The van der Waals surface area contributed by atoms with E-state index in [1.165, 1.54) is 23.1 Å². The van der Waals surface area contributed by atoms with Crippen LogP contribution in [0.25, 0.3) is 11.1 Å². The van der Waals surface area contributed by atoms with Gasteiger partial charge in [0.25, 0.3) is 0 Å². The zero-order chi connectivity index (χ0) is 14.3. The number of carbonyl (C=O) groups is 1. The van der Waals surface area contributed by atoms with Gasteiger partial charge in [0.15, 0.2) is 5.54 Å². The molecule has 20 heavy (non-hydrogen) atoms. The van der Waals surface area contributed by atoms with Crippen LogP contribution in [0.15, 0.2) is 36.7 Å². The first-order valence-electron chi connectivity index (χ1n) is 6.87. The fraction of sp³-hybridized carbons (Fsp3) is 0.375. The van der Waals surface area contributed by atoms with E-state index in [0.29, 0.717) is 0 Å². The summed E-state index contributed by atoms with van der Waals surface area (Å²) in [6, 6.07) is 8.49. The maximum atomic E-state index is 11.2. The minimum Gasteiger partial charge on any atom is -0.479 e. The van der Waals surface area contributed by atoms with Crippen molar-refractivity contribution in [1.29, 1.82) is 0 Å². The molecule has 4 nitrogen and oxygen atoms in total. The van der Waals surface area contributed by atoms with E-state index in [0.717, 1.165) is 17.0 Å². The lowest BCUT2D eigenvalue weighted by molar-refractivity contribution is -0.146. The Bertz CT molecular complexity index is 637. The molecule has 1 aromatic carbocycles. The smallest absolute Gasteiger partial charge is 0.331 e. The maximum Gasteiger partial charge on any atom is 0.331 e. The second-order valence-electron chi connectivity index (χ2n) is 5.93. The molecule has 0 unspecified atom stereocenters. The summed E-state index contributed by atoms with van der Waals surface area (Å²) in [5.74, 6) is -0.144. The highest BCUT2D eigenvalue weighted by atomic mass is 16.4. The summed E-state index contributed by atoms with van der Waals surface area (Å²) >= 11 is 0. The summed E-state index contributed by atoms with van der Waals surface area (Å²) in [6.07, 6.45) is 6.10. The molecule has 0 spiro atoms. The molecule has 1 saturated carbocycles. The number of hydrogen-bond donors (Lipinski definition) is 1. The monoisotopic (exact) mass is 270 g/mol. The molecule has 0 amide bonds. The molecule has 1 aliphatic rings. The fourth-order valence-electron chi connectivity index (χ4n) is 2.24. The molecule has 0 bridgehead atoms. The molecule has 4 heteroatoms. The fourth-order valence-corrected chi connectivity index (χ4v) is 2.24. The summed E-state index contributed by atoms with van der Waals surface area (Å²) in [7, 11) is 0. The van der Waals surface area contributed by atoms with Crippen LogP contribution in [0.5, 0.6) is 0 Å². The molecule has 1 aliphatic carbocycles. The summed E-state index contributed by atoms with van der Waals surface area (Å²) in [5.41, 5.74) is 2.38. The van der Waals surface area contributed by atoms with Crippen LogP contribution in [-0.4, -0.2) is 20.9 Å². The molecular formula is C16H18N2O2. The minimum atomic E-state index is -1.04. The van der Waals surface area contributed by atoms with Crippen molar-refractivity contribution in [3.63, 3.8) is 0 Å². The number of aromatic nitrogens is 2. The molecule has 2 aromatic rings. The predicted molar refractivity (Wildman–Crippen MR) is 76.6 cm³/mol. The summed E-state index contributed by atoms with van der Waals surface area (Å²) in [5, 5.41) is 13.4. The van der Waals surface area contributed by atoms with Crippen LogP contribution in [0, 0.1) is 0 Å². The molecule has 1 aromatic heterocycles. The van der Waals surface area contributed by atoms with Crippen molar-refractivity contribution >= 4 is 5.97 Å². The molecule has 3 rings (SSSR count). The Morgan fingerprint density at radius 3 is 2.45 bits per heavy atom. The van der Waals surface area contributed by atoms with Gasteiger partial charge in [-0.25, -0.2) is 4.79 Å². The topological polar surface area (TPSA) is 55.1 Å². The van der Waals surface area contributed by atoms with E-state index in [1.54, 1.807) is 26.2 Å². The Morgan fingerprint density at radius 2 is 1.90 bits per heavy atom. The van der Waals surface area contributed by atoms with Gasteiger partial charge in [0.05, 0.1) is 6.20 Å². The standard InChI is InChI=1S/C16H18N2O2/c1-16(2,15(19)20)18-10-14(9-17-18)13-7-5-12(6-8-13)11-3-4-11/h5-11H,3-4H2,1-2H3,(H,19,20). The van der Waals surface area contributed by atoms with Gasteiger partial charge in [0, 0.05) is 11.8 Å². The molecule has 0 aliphatic heterocycles. The van der Waals surface area contributed by atoms with Gasteiger partial charge >= 0.3 is 5.97 Å². The third-order valence-corrected chi connectivity index (χ3v) is 3.97. The summed E-state index contributed by atoms with van der Waals surface area (Å²) < 4.78 is 1.50. The lowest BCUT2D eigenvalue weighted by atomic mass is 10.0. The highest BCUT2D eigenvalue weighted by Crippen LogP contribution is 2.40. The first-order valence-corrected chi connectivity index (χ1v) is 6.87. The first-order chi connectivity index (χ1) is 9.48. The SMILES string of the molecule is CC(C)(C(=O)O)n1cc(-c2ccc(C3CC3)cc2)cn1. The Balaban J connectivity index is 1.87. The lowest BCUT2D eigenvalue weighted by Crippen LogP contribution is -2.35. The van der Waals surface area contributed by atoms with Crippen LogP contribution in [0.3, 0.4) is 0 Å². The van der Waals surface area contributed by atoms with Gasteiger partial charge in [-0.1, -0.05) is 24.3 Å². The van der Waals surface area contributed by atoms with E-state index in [-0.39, 0.29) is 0 Å². The number of carboxylic acid groups (broad SMARTS) is 1. The number of carboxylic acids is 1. The van der Waals surface area contributed by atoms with E-state index in [2.05, 4.69) is 29.4 Å². The van der Waals surface area contributed by atoms with Gasteiger partial charge in [-0.3, -0.25) is 4.68 Å². The second kappa shape index (κ2) is 4.47. The maximum absolute atomic E-state index is 11.2. The van der Waals surface area contributed by atoms with Crippen LogP contribution < -0.4 is 0 Å². The van der Waals surface area contributed by atoms with Crippen molar-refractivity contribution in [2.75, 3.05) is 0 Å². The number of rotatable bonds is 4. The van der Waals surface area contributed by atoms with Crippen LogP contribution >= 0.6 is 0 Å². The van der Waals surface area contributed by atoms with E-state index in [4.69, 9.17) is 0 Å². The van der Waals surface area contributed by atoms with Crippen molar-refractivity contribution < 1.29 is 9.90 Å². The molecule has 0 atom stereocenters. The zero-order valence-corrected chi connectivity index (χ0v) is 11.7. The van der Waals surface area contributed by atoms with Gasteiger partial charge < -0.3 is 5.11 Å². The molecule has 1 fully saturated rings. The third kappa shape index (κ3) is 2.22.